The van der Waals surface area contributed by atoms with Gasteiger partial charge in [-0.05, 0) is 19.6 Å². The highest BCUT2D eigenvalue weighted by Gasteiger charge is 2.23. The van der Waals surface area contributed by atoms with E-state index in [9.17, 15) is 4.79 Å². The van der Waals surface area contributed by atoms with Crippen molar-refractivity contribution in [2.75, 3.05) is 12.8 Å². The number of hydrogen-bond acceptors (Lipinski definition) is 2. The van der Waals surface area contributed by atoms with E-state index >= 15 is 0 Å². The minimum absolute atomic E-state index is 0.321. The van der Waals surface area contributed by atoms with Gasteiger partial charge in [-0.2, -0.15) is 0 Å². The molecule has 0 radical (unpaired) electrons. The summed E-state index contributed by atoms with van der Waals surface area (Å²) in [5.41, 5.74) is 0. The van der Waals surface area contributed by atoms with E-state index < -0.39 is 0 Å². The molecule has 58 valence electrons. The third-order valence-electron chi connectivity index (χ3n) is 1.89. The van der Waals surface area contributed by atoms with Gasteiger partial charge < -0.3 is 4.90 Å². The van der Waals surface area contributed by atoms with Crippen molar-refractivity contribution in [2.45, 2.75) is 25.1 Å². The fourth-order valence-corrected chi connectivity index (χ4v) is 1.66. The van der Waals surface area contributed by atoms with Gasteiger partial charge >= 0.3 is 0 Å². The van der Waals surface area contributed by atoms with Crippen LogP contribution in [0.4, 0.5) is 0 Å². The van der Waals surface area contributed by atoms with Gasteiger partial charge in [0.1, 0.15) is 0 Å². The van der Waals surface area contributed by atoms with Gasteiger partial charge in [-0.3, -0.25) is 4.79 Å². The largest absolute Gasteiger partial charge is 0.331 e. The summed E-state index contributed by atoms with van der Waals surface area (Å²) < 4.78 is 0. The van der Waals surface area contributed by atoms with Crippen molar-refractivity contribution in [3.8, 4) is 0 Å². The summed E-state index contributed by atoms with van der Waals surface area (Å²) >= 11 is 1.73. The third-order valence-corrected chi connectivity index (χ3v) is 2.83. The molecule has 1 amide bonds. The number of rotatable bonds is 2. The summed E-state index contributed by atoms with van der Waals surface area (Å²) in [6, 6.07) is 0. The smallest absolute Gasteiger partial charge is 0.223 e. The molecule has 1 saturated heterocycles. The van der Waals surface area contributed by atoms with E-state index in [1.54, 1.807) is 11.8 Å². The van der Waals surface area contributed by atoms with Crippen LogP contribution in [0.2, 0.25) is 0 Å². The van der Waals surface area contributed by atoms with Crippen LogP contribution in [0.3, 0.4) is 0 Å². The van der Waals surface area contributed by atoms with Gasteiger partial charge in [-0.1, -0.05) is 0 Å². The Hall–Kier alpha value is -0.180. The maximum absolute atomic E-state index is 11.1. The van der Waals surface area contributed by atoms with Gasteiger partial charge in [-0.25, -0.2) is 0 Å². The lowest BCUT2D eigenvalue weighted by Crippen LogP contribution is -2.31. The maximum atomic E-state index is 11.1. The molecule has 1 fully saturated rings. The van der Waals surface area contributed by atoms with E-state index in [0.29, 0.717) is 11.3 Å². The Morgan fingerprint density at radius 3 is 2.80 bits per heavy atom. The summed E-state index contributed by atoms with van der Waals surface area (Å²) in [6.07, 6.45) is 3.84. The number of carbonyl (C=O) groups excluding carboxylic acids is 1. The van der Waals surface area contributed by atoms with Gasteiger partial charge in [0.25, 0.3) is 0 Å². The molecule has 0 spiro atoms. The molecular weight excluding hydrogens is 146 g/mol. The standard InChI is InChI=1S/C7H13NOS/c1-6(10-2)8-5-3-4-7(8)9/h6H,3-5H2,1-2H3. The van der Waals surface area contributed by atoms with E-state index in [1.165, 1.54) is 0 Å². The maximum Gasteiger partial charge on any atom is 0.223 e. The highest BCUT2D eigenvalue weighted by Crippen LogP contribution is 2.18. The topological polar surface area (TPSA) is 20.3 Å². The Balaban J connectivity index is 2.46. The molecule has 3 heteroatoms. The number of nitrogens with zero attached hydrogens (tertiary/aromatic N) is 1. The molecule has 0 saturated carbocycles. The Labute approximate surface area is 66.0 Å². The first kappa shape index (κ1) is 7.92. The van der Waals surface area contributed by atoms with Crippen LogP contribution in [0.1, 0.15) is 19.8 Å². The molecule has 0 aromatic carbocycles. The van der Waals surface area contributed by atoms with Crippen LogP contribution in [0.15, 0.2) is 0 Å². The van der Waals surface area contributed by atoms with Gasteiger partial charge in [0.2, 0.25) is 5.91 Å². The van der Waals surface area contributed by atoms with Crippen LogP contribution >= 0.6 is 11.8 Å². The Kier molecular flexibility index (Phi) is 2.60. The van der Waals surface area contributed by atoms with Crippen molar-refractivity contribution in [2.24, 2.45) is 0 Å². The zero-order valence-corrected chi connectivity index (χ0v) is 7.28. The summed E-state index contributed by atoms with van der Waals surface area (Å²) in [5, 5.41) is 0.370. The summed E-state index contributed by atoms with van der Waals surface area (Å²) in [5.74, 6) is 0.321. The van der Waals surface area contributed by atoms with E-state index in [-0.39, 0.29) is 0 Å². The van der Waals surface area contributed by atoms with Crippen molar-refractivity contribution >= 4 is 17.7 Å². The lowest BCUT2D eigenvalue weighted by atomic mass is 10.4. The van der Waals surface area contributed by atoms with Crippen molar-refractivity contribution < 1.29 is 4.79 Å². The fraction of sp³-hybridized carbons (Fsp3) is 0.857. The molecule has 2 nitrogen and oxygen atoms in total. The second-order valence-electron chi connectivity index (χ2n) is 2.53. The average molecular weight is 159 g/mol. The number of amides is 1. The highest BCUT2D eigenvalue weighted by atomic mass is 32.2. The third kappa shape index (κ3) is 1.45. The van der Waals surface area contributed by atoms with E-state index in [2.05, 4.69) is 6.92 Å². The second kappa shape index (κ2) is 3.28. The molecule has 10 heavy (non-hydrogen) atoms. The van der Waals surface area contributed by atoms with Gasteiger partial charge in [0.15, 0.2) is 0 Å². The first-order valence-electron chi connectivity index (χ1n) is 3.58. The summed E-state index contributed by atoms with van der Waals surface area (Å²) in [6.45, 7) is 3.04. The number of likely N-dealkylation sites (tertiary alicyclic amines) is 1. The molecule has 1 aliphatic heterocycles. The molecule has 0 N–H and O–H groups in total. The number of thioether (sulfide) groups is 1. The molecular formula is C7H13NOS. The lowest BCUT2D eigenvalue weighted by molar-refractivity contribution is -0.128. The molecule has 0 bridgehead atoms. The molecule has 0 aromatic heterocycles. The fourth-order valence-electron chi connectivity index (χ4n) is 1.18. The number of carbonyl (C=O) groups is 1. The first-order valence-corrected chi connectivity index (χ1v) is 4.86. The monoisotopic (exact) mass is 159 g/mol. The first-order chi connectivity index (χ1) is 4.75. The van der Waals surface area contributed by atoms with Gasteiger partial charge in [-0.15, -0.1) is 11.8 Å². The minimum Gasteiger partial charge on any atom is -0.331 e. The van der Waals surface area contributed by atoms with Crippen LogP contribution in [-0.2, 0) is 4.79 Å². The van der Waals surface area contributed by atoms with Crippen molar-refractivity contribution in [3.05, 3.63) is 0 Å². The molecule has 1 unspecified atom stereocenters. The Morgan fingerprint density at radius 1 is 1.70 bits per heavy atom. The Bertz CT molecular complexity index is 138. The lowest BCUT2D eigenvalue weighted by Gasteiger charge is -2.21. The van der Waals surface area contributed by atoms with Crippen LogP contribution in [0.25, 0.3) is 0 Å². The SMILES string of the molecule is CSC(C)N1CCCC1=O. The molecule has 0 aromatic rings. The average Bonchev–Trinajstić information content (AvgIpc) is 2.34. The van der Waals surface area contributed by atoms with Gasteiger partial charge in [0.05, 0.1) is 5.37 Å². The molecule has 1 heterocycles. The predicted molar refractivity (Wildman–Crippen MR) is 43.9 cm³/mol. The predicted octanol–water partition coefficient (Wildman–Crippen LogP) is 1.32. The summed E-state index contributed by atoms with van der Waals surface area (Å²) in [7, 11) is 0. The van der Waals surface area contributed by atoms with Crippen LogP contribution in [0, 0.1) is 0 Å². The van der Waals surface area contributed by atoms with Crippen LogP contribution in [-0.4, -0.2) is 29.0 Å². The Morgan fingerprint density at radius 2 is 2.40 bits per heavy atom. The minimum atomic E-state index is 0.321. The molecule has 1 aliphatic rings. The quantitative estimate of drug-likeness (QED) is 0.605. The normalized spacial score (nSPS) is 21.8. The van der Waals surface area contributed by atoms with Crippen molar-refractivity contribution in [3.63, 3.8) is 0 Å². The highest BCUT2D eigenvalue weighted by molar-refractivity contribution is 7.99. The zero-order valence-electron chi connectivity index (χ0n) is 6.46. The number of hydrogen-bond donors (Lipinski definition) is 0. The summed E-state index contributed by atoms with van der Waals surface area (Å²) in [4.78, 5) is 13.0. The molecule has 0 aliphatic carbocycles. The van der Waals surface area contributed by atoms with Crippen molar-refractivity contribution in [1.29, 1.82) is 0 Å². The zero-order chi connectivity index (χ0) is 7.56. The molecule has 1 atom stereocenters. The van der Waals surface area contributed by atoms with Crippen LogP contribution in [0.5, 0.6) is 0 Å². The van der Waals surface area contributed by atoms with E-state index in [4.69, 9.17) is 0 Å². The van der Waals surface area contributed by atoms with E-state index in [0.717, 1.165) is 19.4 Å². The van der Waals surface area contributed by atoms with Crippen molar-refractivity contribution in [1.82, 2.24) is 4.90 Å². The molecule has 1 rings (SSSR count). The van der Waals surface area contributed by atoms with Crippen LogP contribution < -0.4 is 0 Å². The van der Waals surface area contributed by atoms with Gasteiger partial charge in [0, 0.05) is 13.0 Å². The second-order valence-corrected chi connectivity index (χ2v) is 3.68. The van der Waals surface area contributed by atoms with E-state index in [1.807, 2.05) is 11.2 Å².